The van der Waals surface area contributed by atoms with Crippen LogP contribution < -0.4 is 0 Å². The molecule has 0 aromatic rings. The molecule has 0 atom stereocenters. The summed E-state index contributed by atoms with van der Waals surface area (Å²) in [6.45, 7) is 6.25. The van der Waals surface area contributed by atoms with Gasteiger partial charge in [0.05, 0.1) is 0 Å². The molecule has 0 bridgehead atoms. The second-order valence-electron chi connectivity index (χ2n) is 0.884. The Morgan fingerprint density at radius 1 is 1.20 bits per heavy atom. The minimum Gasteiger partial charge on any atom is -0.449 e. The van der Waals surface area contributed by atoms with Crippen LogP contribution in [0.5, 0.6) is 0 Å². The van der Waals surface area contributed by atoms with Gasteiger partial charge in [-0.2, -0.15) is 0 Å². The maximum Gasteiger partial charge on any atom is 0.516 e. The quantitative estimate of drug-likeness (QED) is 0.306. The molecule has 0 unspecified atom stereocenters. The van der Waals surface area contributed by atoms with Gasteiger partial charge in [0.15, 0.2) is 0 Å². The van der Waals surface area contributed by atoms with Crippen LogP contribution >= 0.6 is 0 Å². The fraction of sp³-hybridized carbons (Fsp3) is 0. The third kappa shape index (κ3) is 33.9. The summed E-state index contributed by atoms with van der Waals surface area (Å²) in [7, 11) is 0. The molecule has 0 fully saturated rings. The van der Waals surface area contributed by atoms with Gasteiger partial charge in [-0.3, -0.25) is 0 Å². The highest BCUT2D eigenvalue weighted by molar-refractivity contribution is 5.74. The van der Waals surface area contributed by atoms with Crippen molar-refractivity contribution in [1.82, 2.24) is 0 Å². The van der Waals surface area contributed by atoms with Gasteiger partial charge in [-0.05, 0) is 0 Å². The van der Waals surface area contributed by atoms with E-state index >= 15 is 0 Å². The highest BCUT2D eigenvalue weighted by Crippen LogP contribution is 1.73. The topological polar surface area (TPSA) is 83.8 Å². The zero-order valence-corrected chi connectivity index (χ0v) is 5.03. The van der Waals surface area contributed by atoms with Gasteiger partial charge in [-0.15, -0.1) is 5.73 Å². The van der Waals surface area contributed by atoms with Gasteiger partial charge in [0.1, 0.15) is 0 Å². The summed E-state index contributed by atoms with van der Waals surface area (Å²) >= 11 is 0. The van der Waals surface area contributed by atoms with E-state index in [9.17, 15) is 9.59 Å². The van der Waals surface area contributed by atoms with Gasteiger partial charge < -0.3 is 14.9 Å². The lowest BCUT2D eigenvalue weighted by Crippen LogP contribution is -2.05. The molecule has 0 spiro atoms. The van der Waals surface area contributed by atoms with Gasteiger partial charge in [0.25, 0.3) is 0 Å². The van der Waals surface area contributed by atoms with Gasteiger partial charge in [0, 0.05) is 0 Å². The summed E-state index contributed by atoms with van der Waals surface area (Å²) in [5.74, 6) is 0. The zero-order chi connectivity index (χ0) is 8.57. The fourth-order valence-corrected chi connectivity index (χ4v) is 0.0747. The van der Waals surface area contributed by atoms with Crippen molar-refractivity contribution in [2.75, 3.05) is 0 Å². The molecule has 0 amide bonds. The Bertz CT molecular complexity index is 141. The maximum absolute atomic E-state index is 9.21. The lowest BCUT2D eigenvalue weighted by atomic mass is 11.0. The monoisotopic (exact) mass is 146 g/mol. The van der Waals surface area contributed by atoms with Crippen LogP contribution in [0.3, 0.4) is 0 Å². The molecule has 0 aromatic heterocycles. The fourth-order valence-electron chi connectivity index (χ4n) is 0.0747. The minimum atomic E-state index is -1.81. The number of carboxylic acid groups (broad SMARTS) is 2. The van der Waals surface area contributed by atoms with E-state index in [-0.39, 0.29) is 0 Å². The maximum atomic E-state index is 9.21. The first-order valence-electron chi connectivity index (χ1n) is 1.97. The van der Waals surface area contributed by atoms with Crippen LogP contribution in [0.25, 0.3) is 0 Å². The van der Waals surface area contributed by atoms with E-state index in [1.165, 1.54) is 0 Å². The summed E-state index contributed by atoms with van der Waals surface area (Å²) in [4.78, 5) is 18.4. The van der Waals surface area contributed by atoms with Crippen LogP contribution in [0.4, 0.5) is 9.59 Å². The van der Waals surface area contributed by atoms with E-state index in [0.29, 0.717) is 0 Å². The Morgan fingerprint density at radius 2 is 1.40 bits per heavy atom. The third-order valence-corrected chi connectivity index (χ3v) is 0.175. The highest BCUT2D eigenvalue weighted by Gasteiger charge is 2.01. The smallest absolute Gasteiger partial charge is 0.449 e. The molecule has 0 saturated carbocycles. The van der Waals surface area contributed by atoms with E-state index in [0.717, 1.165) is 0 Å². The highest BCUT2D eigenvalue weighted by atomic mass is 16.7. The normalized spacial score (nSPS) is 6.00. The van der Waals surface area contributed by atoms with E-state index in [2.05, 4.69) is 23.6 Å². The Morgan fingerprint density at radius 3 is 1.40 bits per heavy atom. The van der Waals surface area contributed by atoms with Crippen LogP contribution in [0.15, 0.2) is 18.9 Å². The Labute approximate surface area is 56.9 Å². The Hall–Kier alpha value is -1.74. The molecule has 0 aliphatic rings. The Kier molecular flexibility index (Phi) is 8.07. The predicted molar refractivity (Wildman–Crippen MR) is 31.9 cm³/mol. The minimum absolute atomic E-state index is 1.81. The average molecular weight is 146 g/mol. The van der Waals surface area contributed by atoms with Crippen molar-refractivity contribution in [3.8, 4) is 0 Å². The van der Waals surface area contributed by atoms with Crippen LogP contribution in [0.2, 0.25) is 0 Å². The Balaban J connectivity index is 0. The zero-order valence-electron chi connectivity index (χ0n) is 5.03. The largest absolute Gasteiger partial charge is 0.516 e. The molecule has 2 N–H and O–H groups in total. The number of ether oxygens (including phenoxy) is 1. The van der Waals surface area contributed by atoms with E-state index in [1.807, 2.05) is 0 Å². The van der Waals surface area contributed by atoms with Crippen molar-refractivity contribution >= 4 is 12.3 Å². The molecule has 0 rings (SSSR count). The summed E-state index contributed by atoms with van der Waals surface area (Å²) in [5.41, 5.74) is 2.25. The number of hydrogen-bond acceptors (Lipinski definition) is 3. The van der Waals surface area contributed by atoms with Crippen molar-refractivity contribution in [3.63, 3.8) is 0 Å². The predicted octanol–water partition coefficient (Wildman–Crippen LogP) is 1.32. The first-order valence-corrected chi connectivity index (χ1v) is 1.97. The van der Waals surface area contributed by atoms with Gasteiger partial charge in [-0.25, -0.2) is 9.59 Å². The lowest BCUT2D eigenvalue weighted by Gasteiger charge is -1.84. The van der Waals surface area contributed by atoms with Crippen LogP contribution in [0.1, 0.15) is 0 Å². The first kappa shape index (κ1) is 11.1. The summed E-state index contributed by atoms with van der Waals surface area (Å²) in [6.07, 6.45) is -3.62. The molecular formula is C5H6O5. The third-order valence-electron chi connectivity index (χ3n) is 0.175. The number of hydrogen-bond donors (Lipinski definition) is 2. The standard InChI is InChI=1S/C3H4.C2H2O5/c1-3-2;3-1(4)7-2(5)6/h1-2H2;(H,3,4)(H,5,6). The molecule has 0 aromatic carbocycles. The first-order chi connectivity index (χ1) is 4.54. The molecule has 0 aliphatic carbocycles. The summed E-state index contributed by atoms with van der Waals surface area (Å²) < 4.78 is 3.08. The number of rotatable bonds is 0. The molecule has 5 heteroatoms. The molecule has 0 aliphatic heterocycles. The molecule has 10 heavy (non-hydrogen) atoms. The second-order valence-corrected chi connectivity index (χ2v) is 0.884. The molecule has 0 radical (unpaired) electrons. The number of carbonyl (C=O) groups is 2. The van der Waals surface area contributed by atoms with Crippen molar-refractivity contribution in [2.45, 2.75) is 0 Å². The van der Waals surface area contributed by atoms with Crippen molar-refractivity contribution < 1.29 is 24.5 Å². The van der Waals surface area contributed by atoms with Crippen LogP contribution in [0, 0.1) is 0 Å². The van der Waals surface area contributed by atoms with Crippen molar-refractivity contribution in [2.24, 2.45) is 0 Å². The molecule has 56 valence electrons. The summed E-state index contributed by atoms with van der Waals surface area (Å²) in [5, 5.41) is 15.0. The average Bonchev–Trinajstić information content (AvgIpc) is 1.62. The van der Waals surface area contributed by atoms with E-state index < -0.39 is 12.3 Å². The molecule has 5 nitrogen and oxygen atoms in total. The second kappa shape index (κ2) is 7.26. The summed E-state index contributed by atoms with van der Waals surface area (Å²) in [6, 6.07) is 0. The van der Waals surface area contributed by atoms with Gasteiger partial charge in [0.2, 0.25) is 0 Å². The van der Waals surface area contributed by atoms with E-state index in [4.69, 9.17) is 10.2 Å². The molecule has 0 saturated heterocycles. The van der Waals surface area contributed by atoms with Gasteiger partial charge >= 0.3 is 12.3 Å². The lowest BCUT2D eigenvalue weighted by molar-refractivity contribution is 0.0802. The molecule has 0 heterocycles. The molecular weight excluding hydrogens is 140 g/mol. The van der Waals surface area contributed by atoms with Crippen molar-refractivity contribution in [1.29, 1.82) is 0 Å². The van der Waals surface area contributed by atoms with E-state index in [1.54, 1.807) is 0 Å². The van der Waals surface area contributed by atoms with Crippen molar-refractivity contribution in [3.05, 3.63) is 18.9 Å². The SMILES string of the molecule is C=C=C.O=C(O)OC(=O)O. The van der Waals surface area contributed by atoms with Crippen LogP contribution in [-0.4, -0.2) is 22.5 Å². The van der Waals surface area contributed by atoms with Gasteiger partial charge in [-0.1, -0.05) is 13.2 Å². The van der Waals surface area contributed by atoms with Crippen LogP contribution in [-0.2, 0) is 4.74 Å².